The molecule has 1 amide bonds. The minimum atomic E-state index is -0.226. The number of benzene rings is 1. The zero-order valence-electron chi connectivity index (χ0n) is 14.8. The van der Waals surface area contributed by atoms with Crippen molar-refractivity contribution in [2.75, 3.05) is 18.9 Å². The van der Waals surface area contributed by atoms with E-state index >= 15 is 0 Å². The smallest absolute Gasteiger partial charge is 0.235 e. The summed E-state index contributed by atoms with van der Waals surface area (Å²) in [5, 5.41) is 8.71. The van der Waals surface area contributed by atoms with Crippen molar-refractivity contribution in [2.45, 2.75) is 49.9 Å². The molecule has 2 N–H and O–H groups in total. The molecule has 0 aliphatic carbocycles. The summed E-state index contributed by atoms with van der Waals surface area (Å²) in [4.78, 5) is 14.7. The van der Waals surface area contributed by atoms with Crippen LogP contribution in [-0.4, -0.2) is 44.0 Å². The number of thioether (sulfide) groups is 1. The van der Waals surface area contributed by atoms with Gasteiger partial charge in [-0.3, -0.25) is 4.79 Å². The minimum Gasteiger partial charge on any atom is -0.342 e. The summed E-state index contributed by atoms with van der Waals surface area (Å²) in [6.45, 7) is 5.66. The van der Waals surface area contributed by atoms with E-state index in [2.05, 4.69) is 10.2 Å². The Balaban J connectivity index is 1.70. The fourth-order valence-electron chi connectivity index (χ4n) is 3.01. The molecule has 0 saturated carbocycles. The normalized spacial score (nSPS) is 16.5. The van der Waals surface area contributed by atoms with Crippen molar-refractivity contribution in [3.63, 3.8) is 0 Å². The van der Waals surface area contributed by atoms with E-state index in [-0.39, 0.29) is 11.2 Å². The van der Waals surface area contributed by atoms with E-state index in [1.807, 2.05) is 43.0 Å². The van der Waals surface area contributed by atoms with Crippen LogP contribution < -0.4 is 5.84 Å². The van der Waals surface area contributed by atoms with E-state index in [0.29, 0.717) is 11.0 Å². The van der Waals surface area contributed by atoms with Crippen LogP contribution in [0, 0.1) is 6.92 Å². The van der Waals surface area contributed by atoms with Crippen LogP contribution in [0.25, 0.3) is 11.4 Å². The number of carbonyl (C=O) groups excluding carboxylic acids is 1. The Bertz CT molecular complexity index is 720. The highest BCUT2D eigenvalue weighted by Gasteiger charge is 2.24. The molecule has 0 bridgehead atoms. The summed E-state index contributed by atoms with van der Waals surface area (Å²) in [6, 6.07) is 7.98. The van der Waals surface area contributed by atoms with Crippen LogP contribution in [-0.2, 0) is 4.79 Å². The van der Waals surface area contributed by atoms with E-state index in [0.717, 1.165) is 31.5 Å². The van der Waals surface area contributed by atoms with Crippen molar-refractivity contribution in [3.05, 3.63) is 29.8 Å². The number of nitrogens with zero attached hydrogens (tertiary/aromatic N) is 4. The Hall–Kier alpha value is -2.02. The van der Waals surface area contributed by atoms with Gasteiger partial charge in [-0.1, -0.05) is 54.4 Å². The lowest BCUT2D eigenvalue weighted by molar-refractivity contribution is -0.130. The third-order valence-corrected chi connectivity index (χ3v) is 5.57. The Morgan fingerprint density at radius 2 is 1.76 bits per heavy atom. The van der Waals surface area contributed by atoms with Crippen molar-refractivity contribution >= 4 is 17.7 Å². The highest BCUT2D eigenvalue weighted by Crippen LogP contribution is 2.26. The van der Waals surface area contributed by atoms with Crippen molar-refractivity contribution in [3.8, 4) is 11.4 Å². The topological polar surface area (TPSA) is 77.0 Å². The predicted molar refractivity (Wildman–Crippen MR) is 101 cm³/mol. The van der Waals surface area contributed by atoms with Gasteiger partial charge < -0.3 is 10.7 Å². The Morgan fingerprint density at radius 1 is 1.12 bits per heavy atom. The average Bonchev–Trinajstić information content (AvgIpc) is 2.82. The number of rotatable bonds is 4. The molecule has 1 aliphatic heterocycles. The van der Waals surface area contributed by atoms with Crippen molar-refractivity contribution < 1.29 is 4.79 Å². The first-order valence-corrected chi connectivity index (χ1v) is 9.67. The van der Waals surface area contributed by atoms with Gasteiger partial charge in [-0.25, -0.2) is 4.68 Å². The van der Waals surface area contributed by atoms with Crippen LogP contribution in [0.4, 0.5) is 0 Å². The molecule has 7 heteroatoms. The van der Waals surface area contributed by atoms with Crippen LogP contribution in [0.1, 0.15) is 38.2 Å². The number of hydrogen-bond donors (Lipinski definition) is 1. The van der Waals surface area contributed by atoms with E-state index in [1.54, 1.807) is 0 Å². The third-order valence-electron chi connectivity index (χ3n) is 4.52. The monoisotopic (exact) mass is 359 g/mol. The van der Waals surface area contributed by atoms with E-state index in [4.69, 9.17) is 5.84 Å². The zero-order valence-corrected chi connectivity index (χ0v) is 15.6. The molecular formula is C18H25N5OS. The third kappa shape index (κ3) is 4.15. The molecule has 6 nitrogen and oxygen atoms in total. The van der Waals surface area contributed by atoms with Crippen LogP contribution in [0.5, 0.6) is 0 Å². The molecule has 1 aliphatic rings. The molecular weight excluding hydrogens is 334 g/mol. The van der Waals surface area contributed by atoms with Gasteiger partial charge in [-0.05, 0) is 26.7 Å². The molecule has 1 aromatic heterocycles. The van der Waals surface area contributed by atoms with Crippen molar-refractivity contribution in [1.82, 2.24) is 19.8 Å². The molecule has 0 unspecified atom stereocenters. The fourth-order valence-corrected chi connectivity index (χ4v) is 3.87. The van der Waals surface area contributed by atoms with Gasteiger partial charge in [0.1, 0.15) is 0 Å². The van der Waals surface area contributed by atoms with Crippen LogP contribution in [0.15, 0.2) is 29.4 Å². The number of aryl methyl sites for hydroxylation is 1. The number of aromatic nitrogens is 3. The second-order valence-corrected chi connectivity index (χ2v) is 7.85. The quantitative estimate of drug-likeness (QED) is 0.671. The van der Waals surface area contributed by atoms with E-state index in [9.17, 15) is 4.79 Å². The second kappa shape index (κ2) is 7.91. The number of nitrogens with two attached hydrogens (primary N) is 1. The summed E-state index contributed by atoms with van der Waals surface area (Å²) in [7, 11) is 0. The van der Waals surface area contributed by atoms with Gasteiger partial charge in [0.2, 0.25) is 11.1 Å². The summed E-state index contributed by atoms with van der Waals surface area (Å²) in [5.74, 6) is 6.94. The second-order valence-electron chi connectivity index (χ2n) is 6.54. The van der Waals surface area contributed by atoms with Gasteiger partial charge in [0.15, 0.2) is 5.82 Å². The largest absolute Gasteiger partial charge is 0.342 e. The van der Waals surface area contributed by atoms with Crippen LogP contribution >= 0.6 is 11.8 Å². The Morgan fingerprint density at radius 3 is 2.40 bits per heavy atom. The molecule has 2 heterocycles. The van der Waals surface area contributed by atoms with Gasteiger partial charge in [-0.2, -0.15) is 0 Å². The molecule has 0 radical (unpaired) electrons. The first-order valence-electron chi connectivity index (χ1n) is 8.79. The molecule has 134 valence electrons. The highest BCUT2D eigenvalue weighted by molar-refractivity contribution is 8.00. The van der Waals surface area contributed by atoms with Gasteiger partial charge in [0.25, 0.3) is 0 Å². The van der Waals surface area contributed by atoms with Gasteiger partial charge in [0, 0.05) is 18.7 Å². The van der Waals surface area contributed by atoms with E-state index < -0.39 is 0 Å². The molecule has 3 rings (SSSR count). The highest BCUT2D eigenvalue weighted by atomic mass is 32.2. The Labute approximate surface area is 152 Å². The van der Waals surface area contributed by atoms with Gasteiger partial charge in [0.05, 0.1) is 5.25 Å². The molecule has 1 saturated heterocycles. The lowest BCUT2D eigenvalue weighted by atomic mass is 10.1. The van der Waals surface area contributed by atoms with Crippen molar-refractivity contribution in [2.24, 2.45) is 0 Å². The maximum atomic E-state index is 12.7. The van der Waals surface area contributed by atoms with Crippen LogP contribution in [0.3, 0.4) is 0 Å². The molecule has 1 atom stereocenters. The lowest BCUT2D eigenvalue weighted by Crippen LogP contribution is -2.37. The maximum absolute atomic E-state index is 12.7. The SMILES string of the molecule is Cc1ccc(-c2nnc(S[C@@H](C)C(=O)N3CCCCCC3)n2N)cc1. The molecule has 2 aromatic rings. The maximum Gasteiger partial charge on any atom is 0.235 e. The molecule has 1 fully saturated rings. The fraction of sp³-hybridized carbons (Fsp3) is 0.500. The number of hydrogen-bond acceptors (Lipinski definition) is 5. The van der Waals surface area contributed by atoms with E-state index in [1.165, 1.54) is 34.8 Å². The molecule has 1 aromatic carbocycles. The zero-order chi connectivity index (χ0) is 17.8. The number of nitrogen functional groups attached to an aromatic ring is 1. The van der Waals surface area contributed by atoms with Crippen LogP contribution in [0.2, 0.25) is 0 Å². The van der Waals surface area contributed by atoms with Gasteiger partial charge in [-0.15, -0.1) is 10.2 Å². The minimum absolute atomic E-state index is 0.159. The summed E-state index contributed by atoms with van der Waals surface area (Å²) in [6.07, 6.45) is 4.60. The number of amides is 1. The summed E-state index contributed by atoms with van der Waals surface area (Å²) in [5.41, 5.74) is 2.09. The molecule has 0 spiro atoms. The average molecular weight is 359 g/mol. The number of carbonyl (C=O) groups is 1. The first kappa shape index (κ1) is 17.8. The lowest BCUT2D eigenvalue weighted by Gasteiger charge is -2.23. The van der Waals surface area contributed by atoms with Gasteiger partial charge >= 0.3 is 0 Å². The predicted octanol–water partition coefficient (Wildman–Crippen LogP) is 2.85. The Kier molecular flexibility index (Phi) is 5.63. The molecule has 25 heavy (non-hydrogen) atoms. The summed E-state index contributed by atoms with van der Waals surface area (Å²) < 4.78 is 1.47. The van der Waals surface area contributed by atoms with Crippen molar-refractivity contribution in [1.29, 1.82) is 0 Å². The first-order chi connectivity index (χ1) is 12.1. The number of likely N-dealkylation sites (tertiary alicyclic amines) is 1. The summed E-state index contributed by atoms with van der Waals surface area (Å²) >= 11 is 1.37. The standard InChI is InChI=1S/C18H25N5OS/c1-13-7-9-15(10-8-13)16-20-21-18(23(16)19)25-14(2)17(24)22-11-5-3-4-6-12-22/h7-10,14H,3-6,11-12,19H2,1-2H3/t14-/m0/s1.